The summed E-state index contributed by atoms with van der Waals surface area (Å²) in [6.45, 7) is 2.63. The molecule has 0 bridgehead atoms. The van der Waals surface area contributed by atoms with Crippen molar-refractivity contribution in [1.82, 2.24) is 10.2 Å². The van der Waals surface area contributed by atoms with Crippen LogP contribution in [0.1, 0.15) is 16.8 Å². The van der Waals surface area contributed by atoms with E-state index in [1.54, 1.807) is 0 Å². The number of nitrogens with two attached hydrogens (primary N) is 1. The Morgan fingerprint density at radius 2 is 1.55 bits per heavy atom. The zero-order valence-corrected chi connectivity index (χ0v) is 10.4. The summed E-state index contributed by atoms with van der Waals surface area (Å²) in [6, 6.07) is 0. The van der Waals surface area contributed by atoms with Gasteiger partial charge in [-0.1, -0.05) is 0 Å². The monoisotopic (exact) mass is 303 g/mol. The van der Waals surface area contributed by atoms with Gasteiger partial charge >= 0.3 is 12.4 Å². The first kappa shape index (κ1) is 16.5. The van der Waals surface area contributed by atoms with Gasteiger partial charge in [0.05, 0.1) is 5.69 Å². The predicted octanol–water partition coefficient (Wildman–Crippen LogP) is 2.42. The van der Waals surface area contributed by atoms with Crippen LogP contribution in [0, 0.1) is 13.8 Å². The molecule has 2 N–H and O–H groups in total. The fourth-order valence-electron chi connectivity index (χ4n) is 1.40. The topological polar surface area (TPSA) is 61.0 Å². The molecule has 1 heterocycles. The van der Waals surface area contributed by atoms with Crippen molar-refractivity contribution < 1.29 is 31.1 Å². The first-order valence-electron chi connectivity index (χ1n) is 5.31. The van der Waals surface area contributed by atoms with Crippen LogP contribution in [0.25, 0.3) is 0 Å². The molecule has 0 unspecified atom stereocenters. The van der Waals surface area contributed by atoms with E-state index in [4.69, 9.17) is 5.73 Å². The van der Waals surface area contributed by atoms with E-state index in [0.29, 0.717) is 11.3 Å². The van der Waals surface area contributed by atoms with E-state index < -0.39 is 24.3 Å². The van der Waals surface area contributed by atoms with Crippen molar-refractivity contribution in [2.75, 3.05) is 0 Å². The number of rotatable bonds is 3. The maximum Gasteiger partial charge on any atom is 0.434 e. The third-order valence-electron chi connectivity index (χ3n) is 2.57. The molecular weight excluding hydrogens is 292 g/mol. The van der Waals surface area contributed by atoms with Crippen LogP contribution in [0.2, 0.25) is 0 Å². The van der Waals surface area contributed by atoms with Gasteiger partial charge in [0, 0.05) is 12.1 Å². The van der Waals surface area contributed by atoms with Crippen molar-refractivity contribution in [3.05, 3.63) is 16.8 Å². The Balaban J connectivity index is 3.23. The van der Waals surface area contributed by atoms with E-state index in [1.165, 1.54) is 13.8 Å². The highest BCUT2D eigenvalue weighted by molar-refractivity contribution is 5.35. The molecule has 1 rings (SSSR count). The lowest BCUT2D eigenvalue weighted by Gasteiger charge is -2.24. The molecule has 0 amide bonds. The summed E-state index contributed by atoms with van der Waals surface area (Å²) in [6.07, 6.45) is -15.2. The Morgan fingerprint density at radius 3 is 1.95 bits per heavy atom. The maximum absolute atomic E-state index is 12.4. The summed E-state index contributed by atoms with van der Waals surface area (Å²) in [5, 5.41) is 6.66. The third kappa shape index (κ3) is 3.50. The Kier molecular flexibility index (Phi) is 4.47. The number of ether oxygens (including phenoxy) is 1. The van der Waals surface area contributed by atoms with E-state index in [0.717, 1.165) is 0 Å². The Bertz CT molecular complexity index is 471. The summed E-state index contributed by atoms with van der Waals surface area (Å²) in [5.74, 6) is -0.866. The fourth-order valence-corrected chi connectivity index (χ4v) is 1.40. The summed E-state index contributed by atoms with van der Waals surface area (Å²) in [5.41, 5.74) is 5.93. The lowest BCUT2D eigenvalue weighted by molar-refractivity contribution is -0.300. The molecule has 0 aliphatic heterocycles. The molecule has 0 atom stereocenters. The second kappa shape index (κ2) is 5.43. The van der Waals surface area contributed by atoms with Crippen molar-refractivity contribution >= 4 is 0 Å². The van der Waals surface area contributed by atoms with Gasteiger partial charge in [0.25, 0.3) is 6.10 Å². The number of hydrogen-bond donors (Lipinski definition) is 1. The van der Waals surface area contributed by atoms with Gasteiger partial charge in [-0.3, -0.25) is 0 Å². The van der Waals surface area contributed by atoms with E-state index >= 15 is 0 Å². The molecule has 0 aliphatic rings. The van der Waals surface area contributed by atoms with Crippen LogP contribution in [0.3, 0.4) is 0 Å². The second-order valence-electron chi connectivity index (χ2n) is 3.98. The largest absolute Gasteiger partial charge is 0.453 e. The first-order chi connectivity index (χ1) is 8.98. The van der Waals surface area contributed by atoms with Gasteiger partial charge in [-0.2, -0.15) is 31.4 Å². The number of aromatic nitrogens is 2. The number of alkyl halides is 6. The summed E-state index contributed by atoms with van der Waals surface area (Å²) >= 11 is 0. The number of aryl methyl sites for hydroxylation is 1. The number of halogens is 6. The van der Waals surface area contributed by atoms with Gasteiger partial charge in [0.2, 0.25) is 5.88 Å². The molecule has 20 heavy (non-hydrogen) atoms. The maximum atomic E-state index is 12.4. The molecule has 1 aromatic rings. The van der Waals surface area contributed by atoms with Gasteiger partial charge in [0.1, 0.15) is 0 Å². The molecule has 0 radical (unpaired) electrons. The average Bonchev–Trinajstić information content (AvgIpc) is 2.27. The van der Waals surface area contributed by atoms with Gasteiger partial charge in [-0.15, -0.1) is 5.10 Å². The first-order valence-corrected chi connectivity index (χ1v) is 5.31. The lowest BCUT2D eigenvalue weighted by atomic mass is 10.1. The molecule has 0 saturated heterocycles. The molecule has 114 valence electrons. The molecule has 0 aliphatic carbocycles. The normalized spacial score (nSPS) is 12.9. The van der Waals surface area contributed by atoms with Gasteiger partial charge in [-0.05, 0) is 19.4 Å². The quantitative estimate of drug-likeness (QED) is 0.871. The smallest absolute Gasteiger partial charge is 0.434 e. The van der Waals surface area contributed by atoms with Crippen LogP contribution in [-0.2, 0) is 6.54 Å². The van der Waals surface area contributed by atoms with E-state index in [2.05, 4.69) is 14.9 Å². The van der Waals surface area contributed by atoms with Crippen LogP contribution in [0.15, 0.2) is 0 Å². The Hall–Kier alpha value is -1.58. The van der Waals surface area contributed by atoms with E-state index in [9.17, 15) is 26.3 Å². The number of nitrogens with zero attached hydrogens (tertiary/aromatic N) is 2. The highest BCUT2D eigenvalue weighted by Crippen LogP contribution is 2.37. The number of hydrogen-bond acceptors (Lipinski definition) is 4. The molecule has 0 aromatic carbocycles. The zero-order chi connectivity index (χ0) is 15.7. The highest BCUT2D eigenvalue weighted by Gasteiger charge is 2.59. The summed E-state index contributed by atoms with van der Waals surface area (Å²) in [4.78, 5) is 0. The van der Waals surface area contributed by atoms with Gasteiger partial charge in [0.15, 0.2) is 0 Å². The predicted molar refractivity (Wildman–Crippen MR) is 55.9 cm³/mol. The Morgan fingerprint density at radius 1 is 1.05 bits per heavy atom. The second-order valence-corrected chi connectivity index (χ2v) is 3.98. The van der Waals surface area contributed by atoms with Crippen molar-refractivity contribution in [3.63, 3.8) is 0 Å². The fraction of sp³-hybridized carbons (Fsp3) is 0.600. The minimum atomic E-state index is -5.62. The van der Waals surface area contributed by atoms with Crippen LogP contribution >= 0.6 is 0 Å². The van der Waals surface area contributed by atoms with Crippen molar-refractivity contribution in [2.24, 2.45) is 5.73 Å². The van der Waals surface area contributed by atoms with Gasteiger partial charge in [-0.25, -0.2) is 0 Å². The van der Waals surface area contributed by atoms with Crippen molar-refractivity contribution in [1.29, 1.82) is 0 Å². The average molecular weight is 303 g/mol. The Labute approximate surface area is 109 Å². The van der Waals surface area contributed by atoms with Crippen molar-refractivity contribution in [2.45, 2.75) is 38.8 Å². The highest BCUT2D eigenvalue weighted by atomic mass is 19.4. The van der Waals surface area contributed by atoms with Crippen LogP contribution in [-0.4, -0.2) is 28.7 Å². The zero-order valence-electron chi connectivity index (χ0n) is 10.4. The molecule has 4 nitrogen and oxygen atoms in total. The SMILES string of the molecule is Cc1nnc(OC(C(F)(F)F)C(F)(F)F)c(CN)c1C. The standard InChI is InChI=1S/C10H11F6N3O/c1-4-5(2)18-19-7(6(4)3-17)20-8(9(11,12)13)10(14,15)16/h8H,3,17H2,1-2H3. The third-order valence-corrected chi connectivity index (χ3v) is 2.57. The molecule has 0 spiro atoms. The van der Waals surface area contributed by atoms with Crippen LogP contribution < -0.4 is 10.5 Å². The van der Waals surface area contributed by atoms with Crippen LogP contribution in [0.4, 0.5) is 26.3 Å². The molecule has 1 aromatic heterocycles. The summed E-state index contributed by atoms with van der Waals surface area (Å²) < 4.78 is 78.4. The summed E-state index contributed by atoms with van der Waals surface area (Å²) in [7, 11) is 0. The van der Waals surface area contributed by atoms with E-state index in [1.807, 2.05) is 0 Å². The molecule has 10 heteroatoms. The molecular formula is C10H11F6N3O. The van der Waals surface area contributed by atoms with Gasteiger partial charge < -0.3 is 10.5 Å². The minimum absolute atomic E-state index is 0.0454. The van der Waals surface area contributed by atoms with E-state index in [-0.39, 0.29) is 12.1 Å². The van der Waals surface area contributed by atoms with Crippen LogP contribution in [0.5, 0.6) is 5.88 Å². The molecule has 0 fully saturated rings. The van der Waals surface area contributed by atoms with Crippen molar-refractivity contribution in [3.8, 4) is 5.88 Å². The minimum Gasteiger partial charge on any atom is -0.453 e. The lowest BCUT2D eigenvalue weighted by Crippen LogP contribution is -2.47. The molecule has 0 saturated carbocycles.